The van der Waals surface area contributed by atoms with Crippen molar-refractivity contribution in [2.45, 2.75) is 39.8 Å². The Morgan fingerprint density at radius 3 is 2.77 bits per heavy atom. The Morgan fingerprint density at radius 1 is 1.46 bits per heavy atom. The van der Waals surface area contributed by atoms with Crippen molar-refractivity contribution in [2.75, 3.05) is 5.32 Å². The van der Waals surface area contributed by atoms with Crippen LogP contribution in [0.2, 0.25) is 0 Å². The highest BCUT2D eigenvalue weighted by atomic mass is 32.1. The molecule has 0 saturated carbocycles. The zero-order valence-corrected chi connectivity index (χ0v) is 15.7. The van der Waals surface area contributed by atoms with Gasteiger partial charge in [0, 0.05) is 17.0 Å². The fourth-order valence-electron chi connectivity index (χ4n) is 3.00. The largest absolute Gasteiger partial charge is 0.368 e. The lowest BCUT2D eigenvalue weighted by molar-refractivity contribution is -0.119. The molecule has 1 atom stereocenters. The van der Waals surface area contributed by atoms with Crippen LogP contribution in [0.4, 0.5) is 10.2 Å². The van der Waals surface area contributed by atoms with Gasteiger partial charge in [-0.1, -0.05) is 13.8 Å². The van der Waals surface area contributed by atoms with Gasteiger partial charge in [-0.2, -0.15) is 0 Å². The number of fused-ring (bicyclic) bond motifs is 1. The Balaban J connectivity index is 2.09. The predicted molar refractivity (Wildman–Crippen MR) is 99.5 cm³/mol. The lowest BCUT2D eigenvalue weighted by Crippen LogP contribution is -2.37. The Morgan fingerprint density at radius 2 is 2.19 bits per heavy atom. The molecule has 4 N–H and O–H groups in total. The zero-order valence-electron chi connectivity index (χ0n) is 14.9. The summed E-state index contributed by atoms with van der Waals surface area (Å²) >= 11 is 1.47. The van der Waals surface area contributed by atoms with E-state index in [9.17, 15) is 14.0 Å². The second-order valence-electron chi connectivity index (χ2n) is 6.80. The molecular weight excluding hydrogens is 355 g/mol. The molecule has 1 aliphatic heterocycles. The maximum Gasteiger partial charge on any atom is 0.254 e. The van der Waals surface area contributed by atoms with E-state index in [0.29, 0.717) is 12.1 Å². The summed E-state index contributed by atoms with van der Waals surface area (Å²) in [7, 11) is 0. The monoisotopic (exact) mass is 376 g/mol. The van der Waals surface area contributed by atoms with E-state index in [-0.39, 0.29) is 35.3 Å². The average Bonchev–Trinajstić information content (AvgIpc) is 3.15. The van der Waals surface area contributed by atoms with E-state index in [1.54, 1.807) is 0 Å². The first kappa shape index (κ1) is 18.3. The SMILES string of the molecule is Cc1ccc(-c2nc(N[C@H](CC(C)C)C(N)=O)c(F)c3c2C(=O)NC3)s1. The van der Waals surface area contributed by atoms with Crippen molar-refractivity contribution in [3.63, 3.8) is 0 Å². The quantitative estimate of drug-likeness (QED) is 0.722. The highest BCUT2D eigenvalue weighted by molar-refractivity contribution is 7.15. The van der Waals surface area contributed by atoms with Crippen LogP contribution in [0.15, 0.2) is 12.1 Å². The molecule has 0 bridgehead atoms. The molecule has 3 rings (SSSR count). The zero-order chi connectivity index (χ0) is 19.0. The normalized spacial score (nSPS) is 14.3. The molecule has 0 aliphatic carbocycles. The summed E-state index contributed by atoms with van der Waals surface area (Å²) in [4.78, 5) is 30.1. The van der Waals surface area contributed by atoms with Gasteiger partial charge < -0.3 is 16.4 Å². The number of nitrogens with one attached hydrogen (secondary N) is 2. The van der Waals surface area contributed by atoms with Crippen molar-refractivity contribution in [1.29, 1.82) is 0 Å². The van der Waals surface area contributed by atoms with Crippen LogP contribution in [0.5, 0.6) is 0 Å². The second kappa shape index (κ2) is 7.03. The maximum absolute atomic E-state index is 14.9. The molecule has 3 heterocycles. The first-order chi connectivity index (χ1) is 12.3. The van der Waals surface area contributed by atoms with E-state index in [2.05, 4.69) is 15.6 Å². The third-order valence-electron chi connectivity index (χ3n) is 4.22. The Bertz CT molecular complexity index is 878. The van der Waals surface area contributed by atoms with Crippen LogP contribution in [0, 0.1) is 18.7 Å². The summed E-state index contributed by atoms with van der Waals surface area (Å²) in [5.74, 6) is -1.38. The molecular formula is C18H21FN4O2S. The van der Waals surface area contributed by atoms with E-state index in [4.69, 9.17) is 5.73 Å². The minimum absolute atomic E-state index is 0.0502. The van der Waals surface area contributed by atoms with Crippen molar-refractivity contribution in [3.05, 3.63) is 34.0 Å². The Labute approximate surface area is 155 Å². The van der Waals surface area contributed by atoms with Gasteiger partial charge in [-0.05, 0) is 31.4 Å². The van der Waals surface area contributed by atoms with Crippen molar-refractivity contribution in [3.8, 4) is 10.6 Å². The summed E-state index contributed by atoms with van der Waals surface area (Å²) < 4.78 is 14.9. The Kier molecular flexibility index (Phi) is 4.95. The average molecular weight is 376 g/mol. The van der Waals surface area contributed by atoms with Gasteiger partial charge in [-0.25, -0.2) is 9.37 Å². The molecule has 0 saturated heterocycles. The van der Waals surface area contributed by atoms with Crippen molar-refractivity contribution in [1.82, 2.24) is 10.3 Å². The molecule has 0 unspecified atom stereocenters. The summed E-state index contributed by atoms with van der Waals surface area (Å²) in [6.07, 6.45) is 0.457. The number of nitrogens with zero attached hydrogens (tertiary/aromatic N) is 1. The minimum Gasteiger partial charge on any atom is -0.368 e. The number of halogens is 1. The van der Waals surface area contributed by atoms with Gasteiger partial charge in [0.05, 0.1) is 16.1 Å². The number of nitrogens with two attached hydrogens (primary N) is 1. The summed E-state index contributed by atoms with van der Waals surface area (Å²) in [6, 6.07) is 3.04. The molecule has 26 heavy (non-hydrogen) atoms. The molecule has 0 fully saturated rings. The summed E-state index contributed by atoms with van der Waals surface area (Å²) in [5.41, 5.74) is 6.40. The molecule has 0 spiro atoms. The van der Waals surface area contributed by atoms with Crippen LogP contribution in [0.1, 0.15) is 41.1 Å². The fraction of sp³-hybridized carbons (Fsp3) is 0.389. The van der Waals surface area contributed by atoms with Gasteiger partial charge in [0.2, 0.25) is 5.91 Å². The topological polar surface area (TPSA) is 97.1 Å². The minimum atomic E-state index is -0.738. The van der Waals surface area contributed by atoms with Crippen LogP contribution in [0.3, 0.4) is 0 Å². The molecule has 8 heteroatoms. The first-order valence-electron chi connectivity index (χ1n) is 8.41. The molecule has 138 valence electrons. The van der Waals surface area contributed by atoms with Gasteiger partial charge >= 0.3 is 0 Å². The van der Waals surface area contributed by atoms with E-state index < -0.39 is 17.8 Å². The number of hydrogen-bond donors (Lipinski definition) is 3. The highest BCUT2D eigenvalue weighted by Gasteiger charge is 2.31. The van der Waals surface area contributed by atoms with Gasteiger partial charge in [-0.3, -0.25) is 9.59 Å². The van der Waals surface area contributed by atoms with Crippen LogP contribution >= 0.6 is 11.3 Å². The van der Waals surface area contributed by atoms with Crippen molar-refractivity contribution < 1.29 is 14.0 Å². The van der Waals surface area contributed by atoms with Gasteiger partial charge in [0.15, 0.2) is 11.6 Å². The van der Waals surface area contributed by atoms with E-state index >= 15 is 0 Å². The molecule has 2 aromatic rings. The Hall–Kier alpha value is -2.48. The third-order valence-corrected chi connectivity index (χ3v) is 5.23. The number of amides is 2. The van der Waals surface area contributed by atoms with Crippen molar-refractivity contribution >= 4 is 29.0 Å². The lowest BCUT2D eigenvalue weighted by Gasteiger charge is -2.19. The number of rotatable bonds is 6. The predicted octanol–water partition coefficient (Wildman–Crippen LogP) is 2.81. The number of hydrogen-bond acceptors (Lipinski definition) is 5. The lowest BCUT2D eigenvalue weighted by atomic mass is 10.0. The second-order valence-corrected chi connectivity index (χ2v) is 8.09. The summed E-state index contributed by atoms with van der Waals surface area (Å²) in [6.45, 7) is 5.95. The van der Waals surface area contributed by atoms with Crippen LogP contribution < -0.4 is 16.4 Å². The van der Waals surface area contributed by atoms with Gasteiger partial charge in [0.1, 0.15) is 6.04 Å². The highest BCUT2D eigenvalue weighted by Crippen LogP contribution is 2.36. The molecule has 6 nitrogen and oxygen atoms in total. The smallest absolute Gasteiger partial charge is 0.254 e. The number of carbonyl (C=O) groups is 2. The number of pyridine rings is 1. The van der Waals surface area contributed by atoms with Crippen LogP contribution in [-0.2, 0) is 11.3 Å². The fourth-order valence-corrected chi connectivity index (χ4v) is 3.86. The van der Waals surface area contributed by atoms with Gasteiger partial charge in [-0.15, -0.1) is 11.3 Å². The molecule has 1 aliphatic rings. The van der Waals surface area contributed by atoms with E-state index in [0.717, 1.165) is 9.75 Å². The van der Waals surface area contributed by atoms with Crippen molar-refractivity contribution in [2.24, 2.45) is 11.7 Å². The number of anilines is 1. The number of thiophene rings is 1. The number of aryl methyl sites for hydroxylation is 1. The molecule has 0 aromatic carbocycles. The van der Waals surface area contributed by atoms with Gasteiger partial charge in [0.25, 0.3) is 5.91 Å². The number of primary amides is 1. The van der Waals surface area contributed by atoms with E-state index in [1.807, 2.05) is 32.9 Å². The summed E-state index contributed by atoms with van der Waals surface area (Å²) in [5, 5.41) is 5.49. The number of carbonyl (C=O) groups excluding carboxylic acids is 2. The molecule has 2 amide bonds. The number of aromatic nitrogens is 1. The standard InChI is InChI=1S/C18H21FN4O2S/c1-8(2)6-11(16(20)24)22-17-14(19)10-7-21-18(25)13(10)15(23-17)12-5-4-9(3)26-12/h4-5,8,11H,6-7H2,1-3H3,(H2,20,24)(H,21,25)(H,22,23)/t11-/m1/s1. The molecule has 0 radical (unpaired) electrons. The van der Waals surface area contributed by atoms with Crippen LogP contribution in [-0.4, -0.2) is 22.8 Å². The molecule has 2 aromatic heterocycles. The third kappa shape index (κ3) is 3.41. The van der Waals surface area contributed by atoms with Crippen LogP contribution in [0.25, 0.3) is 10.6 Å². The maximum atomic E-state index is 14.9. The van der Waals surface area contributed by atoms with E-state index in [1.165, 1.54) is 11.3 Å². The first-order valence-corrected chi connectivity index (χ1v) is 9.22.